The average molecular weight is 220 g/mol. The van der Waals surface area contributed by atoms with Crippen molar-refractivity contribution in [2.24, 2.45) is 5.73 Å². The normalized spacial score (nSPS) is 24.8. The molecule has 1 unspecified atom stereocenters. The number of aromatic nitrogens is 1. The number of amidine groups is 1. The summed E-state index contributed by atoms with van der Waals surface area (Å²) in [6.07, 6.45) is 2.34. The molecule has 2 rings (SSSR count). The van der Waals surface area contributed by atoms with Crippen LogP contribution in [-0.2, 0) is 0 Å². The van der Waals surface area contributed by atoms with Crippen molar-refractivity contribution < 1.29 is 5.11 Å². The minimum absolute atomic E-state index is 0.0208. The van der Waals surface area contributed by atoms with Crippen molar-refractivity contribution in [2.45, 2.75) is 18.9 Å². The quantitative estimate of drug-likeness (QED) is 0.495. The minimum atomic E-state index is -0.624. The fourth-order valence-electron chi connectivity index (χ4n) is 1.87. The van der Waals surface area contributed by atoms with Gasteiger partial charge in [0, 0.05) is 24.8 Å². The summed E-state index contributed by atoms with van der Waals surface area (Å²) in [4.78, 5) is 6.27. The summed E-state index contributed by atoms with van der Waals surface area (Å²) >= 11 is 0. The zero-order valence-corrected chi connectivity index (χ0v) is 9.27. The van der Waals surface area contributed by atoms with E-state index in [1.54, 1.807) is 12.3 Å². The van der Waals surface area contributed by atoms with Crippen molar-refractivity contribution in [3.05, 3.63) is 23.9 Å². The van der Waals surface area contributed by atoms with Gasteiger partial charge in [0.15, 0.2) is 0 Å². The molecule has 1 saturated heterocycles. The summed E-state index contributed by atoms with van der Waals surface area (Å²) in [5.74, 6) is 0.843. The van der Waals surface area contributed by atoms with Gasteiger partial charge in [0.1, 0.15) is 11.7 Å². The second-order valence-electron chi connectivity index (χ2n) is 4.49. The van der Waals surface area contributed by atoms with Crippen LogP contribution in [0.15, 0.2) is 18.3 Å². The van der Waals surface area contributed by atoms with Crippen molar-refractivity contribution in [3.8, 4) is 0 Å². The fraction of sp³-hybridized carbons (Fsp3) is 0.455. The van der Waals surface area contributed by atoms with E-state index in [1.165, 1.54) is 0 Å². The smallest absolute Gasteiger partial charge is 0.128 e. The molecule has 1 aromatic rings. The number of pyridine rings is 1. The molecule has 1 atom stereocenters. The minimum Gasteiger partial charge on any atom is -0.388 e. The van der Waals surface area contributed by atoms with Gasteiger partial charge in [-0.1, -0.05) is 0 Å². The summed E-state index contributed by atoms with van der Waals surface area (Å²) < 4.78 is 0. The van der Waals surface area contributed by atoms with E-state index in [4.69, 9.17) is 11.1 Å². The Labute approximate surface area is 94.4 Å². The van der Waals surface area contributed by atoms with Crippen LogP contribution >= 0.6 is 0 Å². The second kappa shape index (κ2) is 3.75. The van der Waals surface area contributed by atoms with Crippen LogP contribution in [-0.4, -0.2) is 34.6 Å². The third-order valence-electron chi connectivity index (χ3n) is 2.83. The lowest BCUT2D eigenvalue weighted by Gasteiger charge is -2.19. The van der Waals surface area contributed by atoms with Crippen LogP contribution in [0.5, 0.6) is 0 Å². The van der Waals surface area contributed by atoms with Crippen LogP contribution in [0.2, 0.25) is 0 Å². The van der Waals surface area contributed by atoms with Gasteiger partial charge in [-0.05, 0) is 25.5 Å². The van der Waals surface area contributed by atoms with E-state index < -0.39 is 5.60 Å². The van der Waals surface area contributed by atoms with E-state index >= 15 is 0 Å². The summed E-state index contributed by atoms with van der Waals surface area (Å²) in [5.41, 5.74) is 5.35. The fourth-order valence-corrected chi connectivity index (χ4v) is 1.87. The first-order valence-electron chi connectivity index (χ1n) is 5.26. The molecule has 0 aromatic carbocycles. The predicted molar refractivity (Wildman–Crippen MR) is 62.7 cm³/mol. The molecule has 0 spiro atoms. The number of hydrogen-bond donors (Lipinski definition) is 3. The molecular weight excluding hydrogens is 204 g/mol. The highest BCUT2D eigenvalue weighted by molar-refractivity contribution is 5.94. The number of hydrogen-bond acceptors (Lipinski definition) is 4. The van der Waals surface area contributed by atoms with E-state index in [2.05, 4.69) is 4.98 Å². The molecule has 1 aromatic heterocycles. The molecule has 86 valence electrons. The summed E-state index contributed by atoms with van der Waals surface area (Å²) in [5, 5.41) is 17.1. The Morgan fingerprint density at radius 2 is 2.38 bits per heavy atom. The van der Waals surface area contributed by atoms with Crippen LogP contribution in [0, 0.1) is 5.41 Å². The lowest BCUT2D eigenvalue weighted by atomic mass is 10.1. The number of rotatable bonds is 2. The van der Waals surface area contributed by atoms with Gasteiger partial charge in [0.25, 0.3) is 0 Å². The number of nitrogens with two attached hydrogens (primary N) is 1. The number of nitrogen functional groups attached to an aromatic ring is 1. The lowest BCUT2D eigenvalue weighted by molar-refractivity contribution is 0.0839. The molecule has 0 amide bonds. The summed E-state index contributed by atoms with van der Waals surface area (Å²) in [6, 6.07) is 3.61. The van der Waals surface area contributed by atoms with E-state index in [1.807, 2.05) is 17.9 Å². The van der Waals surface area contributed by atoms with E-state index in [0.717, 1.165) is 18.8 Å². The number of aliphatic hydroxyl groups is 1. The maximum atomic E-state index is 9.85. The number of nitrogens with one attached hydrogen (secondary N) is 1. The molecule has 1 fully saturated rings. The first-order chi connectivity index (χ1) is 7.48. The van der Waals surface area contributed by atoms with Gasteiger partial charge in [-0.3, -0.25) is 5.41 Å². The van der Waals surface area contributed by atoms with Gasteiger partial charge >= 0.3 is 0 Å². The zero-order chi connectivity index (χ0) is 11.8. The van der Waals surface area contributed by atoms with Crippen molar-refractivity contribution in [1.82, 2.24) is 4.98 Å². The highest BCUT2D eigenvalue weighted by Gasteiger charge is 2.31. The number of anilines is 1. The monoisotopic (exact) mass is 220 g/mol. The van der Waals surface area contributed by atoms with Crippen LogP contribution in [0.25, 0.3) is 0 Å². The topological polar surface area (TPSA) is 86.2 Å². The van der Waals surface area contributed by atoms with Crippen LogP contribution in [0.4, 0.5) is 5.82 Å². The largest absolute Gasteiger partial charge is 0.388 e. The van der Waals surface area contributed by atoms with E-state index in [0.29, 0.717) is 12.1 Å². The maximum absolute atomic E-state index is 9.85. The molecule has 0 radical (unpaired) electrons. The molecule has 16 heavy (non-hydrogen) atoms. The van der Waals surface area contributed by atoms with Crippen LogP contribution in [0.1, 0.15) is 18.9 Å². The van der Waals surface area contributed by atoms with Gasteiger partial charge in [-0.25, -0.2) is 4.98 Å². The van der Waals surface area contributed by atoms with E-state index in [9.17, 15) is 5.11 Å². The predicted octanol–water partition coefficient (Wildman–Crippen LogP) is 0.327. The Balaban J connectivity index is 2.14. The van der Waals surface area contributed by atoms with Gasteiger partial charge < -0.3 is 15.7 Å². The number of β-amino-alcohol motifs (C(OH)–C–C–N with tert-alkyl or cyclic N) is 1. The first-order valence-corrected chi connectivity index (χ1v) is 5.26. The van der Waals surface area contributed by atoms with Crippen molar-refractivity contribution in [1.29, 1.82) is 5.41 Å². The Morgan fingerprint density at radius 1 is 1.62 bits per heavy atom. The molecule has 0 saturated carbocycles. The van der Waals surface area contributed by atoms with Gasteiger partial charge in [0.05, 0.1) is 5.60 Å². The van der Waals surface area contributed by atoms with E-state index in [-0.39, 0.29) is 5.84 Å². The van der Waals surface area contributed by atoms with Crippen LogP contribution < -0.4 is 10.6 Å². The number of nitrogens with zero attached hydrogens (tertiary/aromatic N) is 2. The summed E-state index contributed by atoms with van der Waals surface area (Å²) in [6.45, 7) is 3.23. The van der Waals surface area contributed by atoms with Crippen LogP contribution in [0.3, 0.4) is 0 Å². The van der Waals surface area contributed by atoms with Crippen molar-refractivity contribution in [3.63, 3.8) is 0 Å². The maximum Gasteiger partial charge on any atom is 0.128 e. The Morgan fingerprint density at radius 3 is 2.81 bits per heavy atom. The molecule has 5 heteroatoms. The zero-order valence-electron chi connectivity index (χ0n) is 9.27. The van der Waals surface area contributed by atoms with Gasteiger partial charge in [-0.2, -0.15) is 0 Å². The SMILES string of the molecule is CC1(O)CCN(c2ccc(C(=N)N)cn2)C1. The highest BCUT2D eigenvalue weighted by atomic mass is 16.3. The van der Waals surface area contributed by atoms with Crippen molar-refractivity contribution >= 4 is 11.7 Å². The molecule has 1 aliphatic heterocycles. The van der Waals surface area contributed by atoms with Crippen molar-refractivity contribution in [2.75, 3.05) is 18.0 Å². The Hall–Kier alpha value is -1.62. The Kier molecular flexibility index (Phi) is 2.55. The second-order valence-corrected chi connectivity index (χ2v) is 4.49. The average Bonchev–Trinajstić information content (AvgIpc) is 2.59. The summed E-state index contributed by atoms with van der Waals surface area (Å²) in [7, 11) is 0. The molecule has 4 N–H and O–H groups in total. The lowest BCUT2D eigenvalue weighted by Crippen LogP contribution is -2.30. The molecule has 1 aliphatic rings. The molecule has 0 bridgehead atoms. The van der Waals surface area contributed by atoms with Gasteiger partial charge in [0.2, 0.25) is 0 Å². The third-order valence-corrected chi connectivity index (χ3v) is 2.83. The molecule has 5 nitrogen and oxygen atoms in total. The molecule has 0 aliphatic carbocycles. The van der Waals surface area contributed by atoms with Gasteiger partial charge in [-0.15, -0.1) is 0 Å². The standard InChI is InChI=1S/C11H16N4O/c1-11(16)4-5-15(7-11)9-3-2-8(6-14-9)10(12)13/h2-3,6,16H,4-5,7H2,1H3,(H3,12,13). The Bertz CT molecular complexity index is 399. The molecule has 2 heterocycles. The molecular formula is C11H16N4O. The third kappa shape index (κ3) is 2.14. The first kappa shape index (κ1) is 10.9. The highest BCUT2D eigenvalue weighted by Crippen LogP contribution is 2.24.